The van der Waals surface area contributed by atoms with Crippen molar-refractivity contribution < 1.29 is 14.0 Å². The van der Waals surface area contributed by atoms with Crippen molar-refractivity contribution in [2.75, 3.05) is 17.7 Å². The number of pyridine rings is 1. The van der Waals surface area contributed by atoms with Crippen LogP contribution in [0.1, 0.15) is 28.9 Å². The number of rotatable bonds is 6. The molecule has 1 aromatic carbocycles. The Kier molecular flexibility index (Phi) is 5.82. The number of carbonyl (C=O) groups excluding carboxylic acids is 1. The summed E-state index contributed by atoms with van der Waals surface area (Å²) in [5.74, 6) is -0.473. The first-order valence-corrected chi connectivity index (χ1v) is 9.80. The molecule has 0 atom stereocenters. The molecule has 3 aromatic rings. The van der Waals surface area contributed by atoms with Crippen molar-refractivity contribution in [3.8, 4) is 0 Å². The van der Waals surface area contributed by atoms with Crippen LogP contribution >= 0.6 is 11.6 Å². The number of nitrogens with one attached hydrogen (secondary N) is 3. The van der Waals surface area contributed by atoms with E-state index in [9.17, 15) is 9.18 Å². The second kappa shape index (κ2) is 8.68. The SMILES string of the molecule is CONC(=O)c1ccc(F)cc1Nc1cc(Nc2cnn3c2CCCC3)ncc1Cl. The lowest BCUT2D eigenvalue weighted by molar-refractivity contribution is 0.0538. The molecule has 0 unspecified atom stereocenters. The lowest BCUT2D eigenvalue weighted by Gasteiger charge is -2.16. The number of anilines is 4. The van der Waals surface area contributed by atoms with Gasteiger partial charge in [-0.3, -0.25) is 14.3 Å². The lowest BCUT2D eigenvalue weighted by atomic mass is 10.1. The summed E-state index contributed by atoms with van der Waals surface area (Å²) in [5.41, 5.74) is 5.16. The summed E-state index contributed by atoms with van der Waals surface area (Å²) in [7, 11) is 1.32. The van der Waals surface area contributed by atoms with Gasteiger partial charge >= 0.3 is 0 Å². The Hall–Kier alpha value is -3.17. The number of carbonyl (C=O) groups is 1. The Morgan fingerprint density at radius 1 is 1.17 bits per heavy atom. The second-order valence-electron chi connectivity index (χ2n) is 6.81. The Balaban J connectivity index is 1.61. The summed E-state index contributed by atoms with van der Waals surface area (Å²) in [6.07, 6.45) is 6.45. The van der Waals surface area contributed by atoms with E-state index in [4.69, 9.17) is 11.6 Å². The van der Waals surface area contributed by atoms with Gasteiger partial charge in [-0.1, -0.05) is 11.6 Å². The zero-order valence-corrected chi connectivity index (χ0v) is 17.0. The van der Waals surface area contributed by atoms with Gasteiger partial charge in [0.2, 0.25) is 0 Å². The van der Waals surface area contributed by atoms with Crippen LogP contribution in [0.3, 0.4) is 0 Å². The Bertz CT molecular complexity index is 1090. The Morgan fingerprint density at radius 2 is 2.03 bits per heavy atom. The van der Waals surface area contributed by atoms with Crippen molar-refractivity contribution in [2.45, 2.75) is 25.8 Å². The predicted octanol–water partition coefficient (Wildman–Crippen LogP) is 4.19. The van der Waals surface area contributed by atoms with E-state index in [0.717, 1.165) is 37.2 Å². The number of aromatic nitrogens is 3. The van der Waals surface area contributed by atoms with Gasteiger partial charge in [0, 0.05) is 12.6 Å². The number of amides is 1. The van der Waals surface area contributed by atoms with Gasteiger partial charge in [0.05, 0.1) is 52.8 Å². The molecule has 0 bridgehead atoms. The van der Waals surface area contributed by atoms with Crippen molar-refractivity contribution in [3.63, 3.8) is 0 Å². The highest BCUT2D eigenvalue weighted by molar-refractivity contribution is 6.33. The first kappa shape index (κ1) is 20.1. The fraction of sp³-hybridized carbons (Fsp3) is 0.250. The van der Waals surface area contributed by atoms with Crippen molar-refractivity contribution in [3.05, 3.63) is 58.8 Å². The molecule has 0 spiro atoms. The topological polar surface area (TPSA) is 93.1 Å². The average molecular weight is 431 g/mol. The van der Waals surface area contributed by atoms with Gasteiger partial charge in [0.15, 0.2) is 0 Å². The van der Waals surface area contributed by atoms with Crippen LogP contribution in [0.15, 0.2) is 36.7 Å². The van der Waals surface area contributed by atoms with E-state index in [2.05, 4.69) is 31.0 Å². The number of aryl methyl sites for hydroxylation is 1. The molecule has 0 saturated heterocycles. The van der Waals surface area contributed by atoms with Crippen LogP contribution in [-0.2, 0) is 17.8 Å². The Labute approximate surface area is 177 Å². The van der Waals surface area contributed by atoms with Gasteiger partial charge < -0.3 is 10.6 Å². The molecule has 3 N–H and O–H groups in total. The lowest BCUT2D eigenvalue weighted by Crippen LogP contribution is -2.22. The number of halogens is 2. The van der Waals surface area contributed by atoms with Crippen LogP contribution in [0.4, 0.5) is 27.3 Å². The molecule has 10 heteroatoms. The van der Waals surface area contributed by atoms with E-state index in [1.807, 2.05) is 4.68 Å². The van der Waals surface area contributed by atoms with E-state index in [-0.39, 0.29) is 11.3 Å². The van der Waals surface area contributed by atoms with E-state index < -0.39 is 11.7 Å². The first-order chi connectivity index (χ1) is 14.5. The van der Waals surface area contributed by atoms with E-state index in [0.29, 0.717) is 16.5 Å². The highest BCUT2D eigenvalue weighted by Crippen LogP contribution is 2.31. The average Bonchev–Trinajstić information content (AvgIpc) is 3.14. The molecule has 0 saturated carbocycles. The van der Waals surface area contributed by atoms with E-state index >= 15 is 0 Å². The normalized spacial score (nSPS) is 12.9. The van der Waals surface area contributed by atoms with Gasteiger partial charge in [0.1, 0.15) is 11.6 Å². The first-order valence-electron chi connectivity index (χ1n) is 9.42. The predicted molar refractivity (Wildman–Crippen MR) is 112 cm³/mol. The van der Waals surface area contributed by atoms with Crippen LogP contribution in [-0.4, -0.2) is 27.8 Å². The minimum absolute atomic E-state index is 0.200. The third-order valence-corrected chi connectivity index (χ3v) is 5.09. The third kappa shape index (κ3) is 4.22. The molecule has 3 heterocycles. The zero-order chi connectivity index (χ0) is 21.1. The molecule has 4 rings (SSSR count). The zero-order valence-electron chi connectivity index (χ0n) is 16.2. The molecule has 1 aliphatic heterocycles. The molecule has 30 heavy (non-hydrogen) atoms. The maximum absolute atomic E-state index is 13.8. The van der Waals surface area contributed by atoms with Crippen LogP contribution in [0, 0.1) is 5.82 Å². The van der Waals surface area contributed by atoms with E-state index in [1.54, 1.807) is 12.3 Å². The summed E-state index contributed by atoms with van der Waals surface area (Å²) >= 11 is 6.29. The molecular weight excluding hydrogens is 411 g/mol. The smallest absolute Gasteiger partial charge is 0.276 e. The number of nitrogens with zero attached hydrogens (tertiary/aromatic N) is 3. The third-order valence-electron chi connectivity index (χ3n) is 4.79. The number of benzene rings is 1. The molecule has 0 aliphatic carbocycles. The van der Waals surface area contributed by atoms with Crippen molar-refractivity contribution in [1.82, 2.24) is 20.2 Å². The maximum atomic E-state index is 13.8. The Morgan fingerprint density at radius 3 is 2.87 bits per heavy atom. The monoisotopic (exact) mass is 430 g/mol. The highest BCUT2D eigenvalue weighted by Gasteiger charge is 2.17. The molecule has 156 valence electrons. The minimum Gasteiger partial charge on any atom is -0.353 e. The van der Waals surface area contributed by atoms with Crippen molar-refractivity contribution >= 4 is 40.4 Å². The fourth-order valence-electron chi connectivity index (χ4n) is 3.38. The summed E-state index contributed by atoms with van der Waals surface area (Å²) in [5, 5.41) is 11.0. The molecule has 0 radical (unpaired) electrons. The van der Waals surface area contributed by atoms with E-state index in [1.165, 1.54) is 31.5 Å². The van der Waals surface area contributed by atoms with Crippen LogP contribution in [0.2, 0.25) is 5.02 Å². The van der Waals surface area contributed by atoms with Crippen LogP contribution in [0.25, 0.3) is 0 Å². The summed E-state index contributed by atoms with van der Waals surface area (Å²) in [6, 6.07) is 5.46. The van der Waals surface area contributed by atoms with Gasteiger partial charge in [-0.15, -0.1) is 0 Å². The number of fused-ring (bicyclic) bond motifs is 1. The summed E-state index contributed by atoms with van der Waals surface area (Å²) < 4.78 is 15.8. The number of hydrogen-bond donors (Lipinski definition) is 3. The van der Waals surface area contributed by atoms with Gasteiger partial charge in [-0.05, 0) is 37.5 Å². The van der Waals surface area contributed by atoms with Gasteiger partial charge in [-0.25, -0.2) is 14.9 Å². The highest BCUT2D eigenvalue weighted by atomic mass is 35.5. The number of hydrogen-bond acceptors (Lipinski definition) is 6. The summed E-state index contributed by atoms with van der Waals surface area (Å²) in [6.45, 7) is 0.906. The van der Waals surface area contributed by atoms with Gasteiger partial charge in [-0.2, -0.15) is 5.10 Å². The maximum Gasteiger partial charge on any atom is 0.276 e. The fourth-order valence-corrected chi connectivity index (χ4v) is 3.53. The summed E-state index contributed by atoms with van der Waals surface area (Å²) in [4.78, 5) is 21.2. The van der Waals surface area contributed by atoms with Gasteiger partial charge in [0.25, 0.3) is 5.91 Å². The molecule has 8 nitrogen and oxygen atoms in total. The van der Waals surface area contributed by atoms with Crippen LogP contribution in [0.5, 0.6) is 0 Å². The second-order valence-corrected chi connectivity index (χ2v) is 7.22. The minimum atomic E-state index is -0.518. The number of hydroxylamine groups is 1. The standard InChI is InChI=1S/C20H20ClFN6O2/c1-30-27-20(29)13-6-5-12(22)8-15(13)25-16-9-19(23-10-14(16)21)26-17-11-24-28-7-3-2-4-18(17)28/h5-6,8-11H,2-4,7H2,1H3,(H,27,29)(H2,23,25,26). The molecule has 1 amide bonds. The molecule has 1 aliphatic rings. The van der Waals surface area contributed by atoms with Crippen molar-refractivity contribution in [1.29, 1.82) is 0 Å². The van der Waals surface area contributed by atoms with Crippen LogP contribution < -0.4 is 16.1 Å². The molecule has 0 fully saturated rings. The molecular formula is C20H20ClFN6O2. The van der Waals surface area contributed by atoms with Crippen molar-refractivity contribution in [2.24, 2.45) is 0 Å². The largest absolute Gasteiger partial charge is 0.353 e. The quantitative estimate of drug-likeness (QED) is 0.508. The molecule has 2 aromatic heterocycles.